The molecule has 0 unspecified atom stereocenters. The highest BCUT2D eigenvalue weighted by atomic mass is 32.2. The van der Waals surface area contributed by atoms with Crippen molar-refractivity contribution in [2.75, 3.05) is 4.90 Å². The van der Waals surface area contributed by atoms with E-state index >= 15 is 0 Å². The molecule has 1 amide bonds. The molecule has 22 heavy (non-hydrogen) atoms. The van der Waals surface area contributed by atoms with Gasteiger partial charge in [-0.25, -0.2) is 0 Å². The van der Waals surface area contributed by atoms with Crippen LogP contribution in [-0.4, -0.2) is 15.5 Å². The summed E-state index contributed by atoms with van der Waals surface area (Å²) in [7, 11) is 0. The average molecular weight is 327 g/mol. The molecule has 1 atom stereocenters. The smallest absolute Gasteiger partial charge is 0.246 e. The minimum Gasteiger partial charge on any atom is -0.273 e. The van der Waals surface area contributed by atoms with Crippen LogP contribution in [0.15, 0.2) is 48.5 Å². The maximum atomic E-state index is 12.7. The van der Waals surface area contributed by atoms with Crippen molar-refractivity contribution in [1.29, 1.82) is 0 Å². The van der Waals surface area contributed by atoms with Gasteiger partial charge < -0.3 is 0 Å². The Morgan fingerprint density at radius 3 is 2.50 bits per heavy atom. The average Bonchev–Trinajstić information content (AvgIpc) is 2.78. The maximum absolute atomic E-state index is 12.7. The predicted octanol–water partition coefficient (Wildman–Crippen LogP) is 4.28. The number of thioether (sulfide) groups is 1. The molecule has 1 aliphatic rings. The number of nitrogens with zero attached hydrogens (tertiary/aromatic N) is 1. The van der Waals surface area contributed by atoms with E-state index in [1.54, 1.807) is 4.90 Å². The molecule has 1 aliphatic heterocycles. The van der Waals surface area contributed by atoms with Gasteiger partial charge in [-0.05, 0) is 49.1 Å². The molecule has 1 heterocycles. The van der Waals surface area contributed by atoms with Gasteiger partial charge in [0.1, 0.15) is 4.32 Å². The second-order valence-corrected chi connectivity index (χ2v) is 7.34. The third-order valence-corrected chi connectivity index (χ3v) is 5.44. The van der Waals surface area contributed by atoms with Crippen molar-refractivity contribution in [2.24, 2.45) is 0 Å². The number of thiocarbonyl (C=S) groups is 1. The molecule has 0 radical (unpaired) electrons. The van der Waals surface area contributed by atoms with Crippen molar-refractivity contribution >= 4 is 39.9 Å². The monoisotopic (exact) mass is 327 g/mol. The third kappa shape index (κ3) is 2.94. The summed E-state index contributed by atoms with van der Waals surface area (Å²) in [6.45, 7) is 4.20. The Morgan fingerprint density at radius 2 is 1.82 bits per heavy atom. The van der Waals surface area contributed by atoms with Gasteiger partial charge in [-0.2, -0.15) is 0 Å². The van der Waals surface area contributed by atoms with Crippen LogP contribution in [0.4, 0.5) is 5.69 Å². The van der Waals surface area contributed by atoms with Crippen LogP contribution >= 0.6 is 24.0 Å². The zero-order valence-corrected chi connectivity index (χ0v) is 14.2. The third-order valence-electron chi connectivity index (χ3n) is 3.93. The van der Waals surface area contributed by atoms with E-state index in [0.29, 0.717) is 10.7 Å². The minimum atomic E-state index is -0.130. The molecule has 0 N–H and O–H groups in total. The standard InChI is InChI=1S/C18H17NOS2/c1-12-8-9-14(10-13(12)2)11-16-17(20)19(18(21)22-16)15-6-4-3-5-7-15/h3-10,16H,11H2,1-2H3/t16-/m0/s1. The number of hydrogen-bond acceptors (Lipinski definition) is 3. The van der Waals surface area contributed by atoms with Gasteiger partial charge in [0.25, 0.3) is 0 Å². The lowest BCUT2D eigenvalue weighted by Crippen LogP contribution is -2.31. The molecule has 0 aliphatic carbocycles. The summed E-state index contributed by atoms with van der Waals surface area (Å²) in [5.41, 5.74) is 4.57. The highest BCUT2D eigenvalue weighted by molar-refractivity contribution is 8.25. The quantitative estimate of drug-likeness (QED) is 0.785. The highest BCUT2D eigenvalue weighted by Crippen LogP contribution is 2.33. The molecule has 112 valence electrons. The number of amides is 1. The first kappa shape index (κ1) is 15.3. The van der Waals surface area contributed by atoms with E-state index in [4.69, 9.17) is 12.2 Å². The summed E-state index contributed by atoms with van der Waals surface area (Å²) >= 11 is 6.90. The van der Waals surface area contributed by atoms with Crippen molar-refractivity contribution < 1.29 is 4.79 Å². The van der Waals surface area contributed by atoms with Crippen molar-refractivity contribution in [2.45, 2.75) is 25.5 Å². The first-order chi connectivity index (χ1) is 10.6. The van der Waals surface area contributed by atoms with Crippen LogP contribution in [0, 0.1) is 13.8 Å². The first-order valence-electron chi connectivity index (χ1n) is 7.22. The molecular formula is C18H17NOS2. The van der Waals surface area contributed by atoms with E-state index in [-0.39, 0.29) is 11.2 Å². The molecule has 0 spiro atoms. The van der Waals surface area contributed by atoms with Gasteiger partial charge in [0, 0.05) is 0 Å². The van der Waals surface area contributed by atoms with Crippen LogP contribution in [-0.2, 0) is 11.2 Å². The summed E-state index contributed by atoms with van der Waals surface area (Å²) in [6.07, 6.45) is 0.716. The summed E-state index contributed by atoms with van der Waals surface area (Å²) in [4.78, 5) is 14.3. The van der Waals surface area contributed by atoms with Gasteiger partial charge in [0.05, 0.1) is 10.9 Å². The molecule has 0 saturated carbocycles. The zero-order valence-electron chi connectivity index (χ0n) is 12.6. The van der Waals surface area contributed by atoms with Crippen LogP contribution in [0.25, 0.3) is 0 Å². The Hall–Kier alpha value is -1.65. The number of carbonyl (C=O) groups excluding carboxylic acids is 1. The number of hydrogen-bond donors (Lipinski definition) is 0. The number of para-hydroxylation sites is 1. The Kier molecular flexibility index (Phi) is 4.32. The van der Waals surface area contributed by atoms with Crippen molar-refractivity contribution in [3.05, 3.63) is 65.2 Å². The molecule has 1 fully saturated rings. The van der Waals surface area contributed by atoms with E-state index in [2.05, 4.69) is 32.0 Å². The molecule has 0 bridgehead atoms. The molecule has 4 heteroatoms. The Balaban J connectivity index is 1.80. The molecule has 2 aromatic carbocycles. The van der Waals surface area contributed by atoms with Gasteiger partial charge in [-0.1, -0.05) is 60.4 Å². The summed E-state index contributed by atoms with van der Waals surface area (Å²) in [5.74, 6) is 0.0828. The zero-order chi connectivity index (χ0) is 15.7. The summed E-state index contributed by atoms with van der Waals surface area (Å²) in [5, 5.41) is -0.130. The molecule has 1 saturated heterocycles. The second kappa shape index (κ2) is 6.23. The van der Waals surface area contributed by atoms with E-state index in [9.17, 15) is 4.79 Å². The normalized spacial score (nSPS) is 18.1. The van der Waals surface area contributed by atoms with Crippen LogP contribution < -0.4 is 4.90 Å². The van der Waals surface area contributed by atoms with E-state index in [1.165, 1.54) is 28.5 Å². The number of benzene rings is 2. The van der Waals surface area contributed by atoms with Gasteiger partial charge in [0.15, 0.2) is 0 Å². The SMILES string of the molecule is Cc1ccc(C[C@@H]2SC(=S)N(c3ccccc3)C2=O)cc1C. The topological polar surface area (TPSA) is 20.3 Å². The first-order valence-corrected chi connectivity index (χ1v) is 8.51. The highest BCUT2D eigenvalue weighted by Gasteiger charge is 2.37. The fourth-order valence-electron chi connectivity index (χ4n) is 2.54. The number of anilines is 1. The molecule has 3 rings (SSSR count). The molecule has 0 aromatic heterocycles. The summed E-state index contributed by atoms with van der Waals surface area (Å²) in [6, 6.07) is 16.0. The molecule has 2 nitrogen and oxygen atoms in total. The largest absolute Gasteiger partial charge is 0.273 e. The van der Waals surface area contributed by atoms with Crippen LogP contribution in [0.2, 0.25) is 0 Å². The van der Waals surface area contributed by atoms with Gasteiger partial charge in [-0.3, -0.25) is 9.69 Å². The maximum Gasteiger partial charge on any atom is 0.246 e. The minimum absolute atomic E-state index is 0.0828. The fourth-order valence-corrected chi connectivity index (χ4v) is 4.11. The van der Waals surface area contributed by atoms with Crippen LogP contribution in [0.3, 0.4) is 0 Å². The Bertz CT molecular complexity index is 727. The fraction of sp³-hybridized carbons (Fsp3) is 0.222. The lowest BCUT2D eigenvalue weighted by molar-refractivity contribution is -0.116. The number of carbonyl (C=O) groups is 1. The van der Waals surface area contributed by atoms with Gasteiger partial charge in [-0.15, -0.1) is 0 Å². The van der Waals surface area contributed by atoms with Gasteiger partial charge in [0.2, 0.25) is 5.91 Å². The number of aryl methyl sites for hydroxylation is 2. The Morgan fingerprint density at radius 1 is 1.09 bits per heavy atom. The lowest BCUT2D eigenvalue weighted by atomic mass is 10.0. The van der Waals surface area contributed by atoms with Crippen LogP contribution in [0.1, 0.15) is 16.7 Å². The van der Waals surface area contributed by atoms with E-state index < -0.39 is 0 Å². The van der Waals surface area contributed by atoms with Gasteiger partial charge >= 0.3 is 0 Å². The predicted molar refractivity (Wildman–Crippen MR) is 97.5 cm³/mol. The number of rotatable bonds is 3. The van der Waals surface area contributed by atoms with Crippen molar-refractivity contribution in [3.63, 3.8) is 0 Å². The second-order valence-electron chi connectivity index (χ2n) is 5.50. The van der Waals surface area contributed by atoms with E-state index in [1.807, 2.05) is 30.3 Å². The lowest BCUT2D eigenvalue weighted by Gasteiger charge is -2.15. The van der Waals surface area contributed by atoms with Crippen LogP contribution in [0.5, 0.6) is 0 Å². The molecule has 2 aromatic rings. The van der Waals surface area contributed by atoms with E-state index in [0.717, 1.165) is 5.69 Å². The molecular weight excluding hydrogens is 310 g/mol. The van der Waals surface area contributed by atoms with Crippen molar-refractivity contribution in [3.8, 4) is 0 Å². The Labute approximate surface area is 140 Å². The summed E-state index contributed by atoms with van der Waals surface area (Å²) < 4.78 is 0.644. The van der Waals surface area contributed by atoms with Crippen molar-refractivity contribution in [1.82, 2.24) is 0 Å².